The van der Waals surface area contributed by atoms with Gasteiger partial charge < -0.3 is 14.3 Å². The number of ether oxygens (including phenoxy) is 1. The molecule has 0 saturated carbocycles. The molecule has 3 aromatic rings. The first kappa shape index (κ1) is 19.7. The summed E-state index contributed by atoms with van der Waals surface area (Å²) < 4.78 is 13.2. The van der Waals surface area contributed by atoms with Crippen molar-refractivity contribution in [3.8, 4) is 5.75 Å². The third kappa shape index (κ3) is 4.89. The average molecular weight is 396 g/mol. The fourth-order valence-corrected chi connectivity index (χ4v) is 4.06. The number of rotatable bonds is 8. The van der Waals surface area contributed by atoms with E-state index in [1.165, 1.54) is 11.1 Å². The lowest BCUT2D eigenvalue weighted by molar-refractivity contribution is 0.0839. The van der Waals surface area contributed by atoms with Crippen molar-refractivity contribution in [3.63, 3.8) is 0 Å². The van der Waals surface area contributed by atoms with Gasteiger partial charge in [-0.2, -0.15) is 5.10 Å². The molecule has 154 valence electrons. The number of aryl methyl sites for hydroxylation is 2. The lowest BCUT2D eigenvalue weighted by Gasteiger charge is -2.25. The van der Waals surface area contributed by atoms with E-state index in [0.29, 0.717) is 19.6 Å². The van der Waals surface area contributed by atoms with Gasteiger partial charge in [-0.1, -0.05) is 12.1 Å². The summed E-state index contributed by atoms with van der Waals surface area (Å²) in [6, 6.07) is 12.3. The van der Waals surface area contributed by atoms with Crippen molar-refractivity contribution < 1.29 is 14.3 Å². The highest BCUT2D eigenvalue weighted by Gasteiger charge is 2.21. The van der Waals surface area contributed by atoms with Crippen LogP contribution in [0.5, 0.6) is 5.75 Å². The zero-order chi connectivity index (χ0) is 20.4. The summed E-state index contributed by atoms with van der Waals surface area (Å²) in [5, 5.41) is 15.2. The third-order valence-electron chi connectivity index (χ3n) is 5.28. The highest BCUT2D eigenvalue weighted by molar-refractivity contribution is 5.40. The van der Waals surface area contributed by atoms with Crippen LogP contribution in [0, 0.1) is 13.8 Å². The highest BCUT2D eigenvalue weighted by Crippen LogP contribution is 2.30. The lowest BCUT2D eigenvalue weighted by atomic mass is 10.1. The second-order valence-corrected chi connectivity index (χ2v) is 8.09. The number of hydrogen-bond acceptors (Lipinski definition) is 5. The summed E-state index contributed by atoms with van der Waals surface area (Å²) >= 11 is 0. The largest absolute Gasteiger partial charge is 0.490 e. The molecule has 3 heterocycles. The molecule has 4 rings (SSSR count). The van der Waals surface area contributed by atoms with E-state index < -0.39 is 6.10 Å². The maximum Gasteiger partial charge on any atom is 0.123 e. The van der Waals surface area contributed by atoms with Crippen molar-refractivity contribution in [2.24, 2.45) is 0 Å². The fraction of sp³-hybridized carbons (Fsp3) is 0.435. The van der Waals surface area contributed by atoms with E-state index in [0.717, 1.165) is 35.9 Å². The smallest absolute Gasteiger partial charge is 0.123 e. The molecular weight excluding hydrogens is 366 g/mol. The predicted molar refractivity (Wildman–Crippen MR) is 111 cm³/mol. The Kier molecular flexibility index (Phi) is 5.74. The summed E-state index contributed by atoms with van der Waals surface area (Å²) in [6.45, 7) is 8.46. The summed E-state index contributed by atoms with van der Waals surface area (Å²) in [7, 11) is 0. The van der Waals surface area contributed by atoms with Gasteiger partial charge in [0.15, 0.2) is 0 Å². The van der Waals surface area contributed by atoms with Gasteiger partial charge in [0.05, 0.1) is 31.2 Å². The van der Waals surface area contributed by atoms with Gasteiger partial charge >= 0.3 is 0 Å². The number of aliphatic hydroxyl groups excluding tert-OH is 1. The van der Waals surface area contributed by atoms with Crippen molar-refractivity contribution in [3.05, 3.63) is 70.9 Å². The van der Waals surface area contributed by atoms with E-state index in [1.54, 1.807) is 6.26 Å². The Bertz CT molecular complexity index is 948. The van der Waals surface area contributed by atoms with Crippen LogP contribution in [0.2, 0.25) is 0 Å². The normalized spacial score (nSPS) is 16.8. The van der Waals surface area contributed by atoms with Crippen molar-refractivity contribution in [1.29, 1.82) is 0 Å². The summed E-state index contributed by atoms with van der Waals surface area (Å²) in [6.07, 6.45) is 2.35. The van der Waals surface area contributed by atoms with E-state index in [1.807, 2.05) is 36.7 Å². The molecule has 0 spiro atoms. The number of furan rings is 1. The Hall–Kier alpha value is -2.57. The van der Waals surface area contributed by atoms with Crippen molar-refractivity contribution in [1.82, 2.24) is 14.7 Å². The standard InChI is InChI=1S/C23H29N3O3/c1-16-9-17(2)26(24-16)14-21(27)13-25(15-22-5-4-8-28-22)12-19-6-7-23-20(11-19)10-18(3)29-23/h4-9,11,18,21,27H,10,12-15H2,1-3H3/t18-,21+/m1/s1. The van der Waals surface area contributed by atoms with Gasteiger partial charge in [0.2, 0.25) is 0 Å². The minimum atomic E-state index is -0.527. The van der Waals surface area contributed by atoms with E-state index in [2.05, 4.69) is 35.1 Å². The predicted octanol–water partition coefficient (Wildman–Crippen LogP) is 3.48. The first-order valence-corrected chi connectivity index (χ1v) is 10.2. The maximum atomic E-state index is 10.7. The highest BCUT2D eigenvalue weighted by atomic mass is 16.5. The van der Waals surface area contributed by atoms with E-state index >= 15 is 0 Å². The molecule has 29 heavy (non-hydrogen) atoms. The fourth-order valence-electron chi connectivity index (χ4n) is 4.06. The van der Waals surface area contributed by atoms with Crippen LogP contribution in [0.4, 0.5) is 0 Å². The van der Waals surface area contributed by atoms with Crippen LogP contribution in [0.1, 0.15) is 35.2 Å². The number of benzene rings is 1. The second kappa shape index (κ2) is 8.43. The first-order valence-electron chi connectivity index (χ1n) is 10.2. The third-order valence-corrected chi connectivity index (χ3v) is 5.28. The van der Waals surface area contributed by atoms with Crippen LogP contribution in [0.25, 0.3) is 0 Å². The Balaban J connectivity index is 1.46. The number of hydrogen-bond donors (Lipinski definition) is 1. The van der Waals surface area contributed by atoms with Crippen LogP contribution < -0.4 is 4.74 Å². The number of aromatic nitrogens is 2. The Morgan fingerprint density at radius 3 is 2.83 bits per heavy atom. The first-order chi connectivity index (χ1) is 14.0. The molecule has 2 atom stereocenters. The zero-order valence-corrected chi connectivity index (χ0v) is 17.3. The topological polar surface area (TPSA) is 63.7 Å². The van der Waals surface area contributed by atoms with Gasteiger partial charge in [-0.05, 0) is 56.2 Å². The summed E-state index contributed by atoms with van der Waals surface area (Å²) in [4.78, 5) is 2.22. The molecule has 0 radical (unpaired) electrons. The van der Waals surface area contributed by atoms with Gasteiger partial charge in [0, 0.05) is 25.2 Å². The molecule has 0 aliphatic carbocycles. The van der Waals surface area contributed by atoms with E-state index in [4.69, 9.17) is 9.15 Å². The molecule has 0 bridgehead atoms. The van der Waals surface area contributed by atoms with Gasteiger partial charge in [0.1, 0.15) is 17.6 Å². The molecule has 6 nitrogen and oxygen atoms in total. The molecule has 1 N–H and O–H groups in total. The molecule has 6 heteroatoms. The Morgan fingerprint density at radius 2 is 2.10 bits per heavy atom. The monoisotopic (exact) mass is 395 g/mol. The molecule has 1 aliphatic rings. The quantitative estimate of drug-likeness (QED) is 0.633. The van der Waals surface area contributed by atoms with Crippen LogP contribution in [-0.2, 0) is 26.1 Å². The van der Waals surface area contributed by atoms with Gasteiger partial charge in [-0.25, -0.2) is 0 Å². The minimum absolute atomic E-state index is 0.238. The number of nitrogens with zero attached hydrogens (tertiary/aromatic N) is 3. The van der Waals surface area contributed by atoms with Gasteiger partial charge in [-0.3, -0.25) is 9.58 Å². The molecule has 0 saturated heterocycles. The van der Waals surface area contributed by atoms with Crippen LogP contribution in [0.3, 0.4) is 0 Å². The molecular formula is C23H29N3O3. The Morgan fingerprint density at radius 1 is 1.24 bits per heavy atom. The number of fused-ring (bicyclic) bond motifs is 1. The molecule has 0 fully saturated rings. The second-order valence-electron chi connectivity index (χ2n) is 8.09. The van der Waals surface area contributed by atoms with Crippen LogP contribution >= 0.6 is 0 Å². The molecule has 1 aromatic carbocycles. The molecule has 0 amide bonds. The van der Waals surface area contributed by atoms with Crippen molar-refractivity contribution in [2.45, 2.75) is 59.0 Å². The lowest BCUT2D eigenvalue weighted by Crippen LogP contribution is -2.34. The maximum absolute atomic E-state index is 10.7. The summed E-state index contributed by atoms with van der Waals surface area (Å²) in [5.74, 6) is 1.88. The van der Waals surface area contributed by atoms with Crippen molar-refractivity contribution >= 4 is 0 Å². The van der Waals surface area contributed by atoms with E-state index in [9.17, 15) is 5.11 Å². The molecule has 1 aliphatic heterocycles. The molecule has 0 unspecified atom stereocenters. The van der Waals surface area contributed by atoms with Crippen LogP contribution in [-0.4, -0.2) is 38.5 Å². The van der Waals surface area contributed by atoms with Gasteiger partial charge in [-0.15, -0.1) is 0 Å². The van der Waals surface area contributed by atoms with Gasteiger partial charge in [0.25, 0.3) is 0 Å². The SMILES string of the molecule is Cc1cc(C)n(C[C@@H](O)CN(Cc2ccc3c(c2)C[C@@H](C)O3)Cc2ccco2)n1. The van der Waals surface area contributed by atoms with Crippen molar-refractivity contribution in [2.75, 3.05) is 6.54 Å². The average Bonchev–Trinajstić information content (AvgIpc) is 3.35. The number of aliphatic hydroxyl groups is 1. The molecule has 2 aromatic heterocycles. The Labute approximate surface area is 171 Å². The summed E-state index contributed by atoms with van der Waals surface area (Å²) in [5.41, 5.74) is 4.51. The van der Waals surface area contributed by atoms with Crippen LogP contribution in [0.15, 0.2) is 47.1 Å². The zero-order valence-electron chi connectivity index (χ0n) is 17.3. The minimum Gasteiger partial charge on any atom is -0.490 e. The van der Waals surface area contributed by atoms with E-state index in [-0.39, 0.29) is 6.10 Å².